The molecule has 0 saturated carbocycles. The van der Waals surface area contributed by atoms with Crippen LogP contribution in [0.4, 0.5) is 10.1 Å². The van der Waals surface area contributed by atoms with Crippen molar-refractivity contribution in [3.63, 3.8) is 0 Å². The monoisotopic (exact) mass is 303 g/mol. The Morgan fingerprint density at radius 3 is 2.79 bits per heavy atom. The van der Waals surface area contributed by atoms with E-state index in [0.717, 1.165) is 3.70 Å². The van der Waals surface area contributed by atoms with Crippen LogP contribution in [0.3, 0.4) is 0 Å². The summed E-state index contributed by atoms with van der Waals surface area (Å²) in [7, 11) is 0. The zero-order chi connectivity index (χ0) is 10.1. The third kappa shape index (κ3) is 1.59. The van der Waals surface area contributed by atoms with Gasteiger partial charge in [0.1, 0.15) is 9.52 Å². The molecule has 5 heteroatoms. The van der Waals surface area contributed by atoms with E-state index in [1.54, 1.807) is 23.0 Å². The number of rotatable bonds is 1. The summed E-state index contributed by atoms with van der Waals surface area (Å²) in [6.45, 7) is 0. The molecular weight excluding hydrogens is 296 g/mol. The van der Waals surface area contributed by atoms with Crippen LogP contribution in [0.15, 0.2) is 30.5 Å². The summed E-state index contributed by atoms with van der Waals surface area (Å²) in [6.07, 6.45) is 1.55. The van der Waals surface area contributed by atoms with Crippen LogP contribution in [0.1, 0.15) is 0 Å². The summed E-state index contributed by atoms with van der Waals surface area (Å²) in [6, 6.07) is 6.22. The normalized spacial score (nSPS) is 10.4. The summed E-state index contributed by atoms with van der Waals surface area (Å²) >= 11 is 2.07. The molecule has 0 amide bonds. The van der Waals surface area contributed by atoms with Crippen LogP contribution in [0.5, 0.6) is 0 Å². The van der Waals surface area contributed by atoms with Crippen molar-refractivity contribution in [3.05, 3.63) is 40.0 Å². The van der Waals surface area contributed by atoms with E-state index in [4.69, 9.17) is 5.73 Å². The molecule has 0 spiro atoms. The van der Waals surface area contributed by atoms with Gasteiger partial charge in [-0.25, -0.2) is 9.07 Å². The SMILES string of the molecule is Nc1cnn(-c2cccc(F)c2)c1I. The highest BCUT2D eigenvalue weighted by molar-refractivity contribution is 14.1. The molecule has 0 aliphatic heterocycles. The molecule has 3 nitrogen and oxygen atoms in total. The minimum atomic E-state index is -0.285. The van der Waals surface area contributed by atoms with Crippen molar-refractivity contribution < 1.29 is 4.39 Å². The predicted octanol–water partition coefficient (Wildman–Crippen LogP) is 2.20. The Labute approximate surface area is 93.9 Å². The molecule has 1 aromatic carbocycles. The maximum atomic E-state index is 12.9. The number of nitrogens with zero attached hydrogens (tertiary/aromatic N) is 2. The van der Waals surface area contributed by atoms with E-state index >= 15 is 0 Å². The third-order valence-corrected chi connectivity index (χ3v) is 2.87. The van der Waals surface area contributed by atoms with Crippen molar-refractivity contribution >= 4 is 28.3 Å². The number of nitrogens with two attached hydrogens (primary N) is 1. The number of halogens is 2. The van der Waals surface area contributed by atoms with Gasteiger partial charge in [-0.15, -0.1) is 0 Å². The Balaban J connectivity index is 2.55. The van der Waals surface area contributed by atoms with E-state index in [9.17, 15) is 4.39 Å². The van der Waals surface area contributed by atoms with Gasteiger partial charge >= 0.3 is 0 Å². The van der Waals surface area contributed by atoms with Crippen molar-refractivity contribution in [2.75, 3.05) is 5.73 Å². The molecule has 0 unspecified atom stereocenters. The average Bonchev–Trinajstić information content (AvgIpc) is 2.48. The van der Waals surface area contributed by atoms with Gasteiger partial charge < -0.3 is 5.73 Å². The zero-order valence-electron chi connectivity index (χ0n) is 7.11. The standard InChI is InChI=1S/C9H7FIN3/c10-6-2-1-3-7(4-6)14-9(11)8(12)5-13-14/h1-5H,12H2. The Bertz CT molecular complexity index is 467. The zero-order valence-corrected chi connectivity index (χ0v) is 9.27. The Hall–Kier alpha value is -1.11. The summed E-state index contributed by atoms with van der Waals surface area (Å²) in [5.74, 6) is -0.285. The summed E-state index contributed by atoms with van der Waals surface area (Å²) < 4.78 is 15.3. The second kappa shape index (κ2) is 3.56. The van der Waals surface area contributed by atoms with Crippen LogP contribution < -0.4 is 5.73 Å². The van der Waals surface area contributed by atoms with E-state index in [-0.39, 0.29) is 5.82 Å². The smallest absolute Gasteiger partial charge is 0.128 e. The summed E-state index contributed by atoms with van der Waals surface area (Å²) in [5.41, 5.74) is 6.90. The van der Waals surface area contributed by atoms with E-state index in [2.05, 4.69) is 27.7 Å². The van der Waals surface area contributed by atoms with Gasteiger partial charge in [-0.05, 0) is 40.8 Å². The van der Waals surface area contributed by atoms with Crippen molar-refractivity contribution in [3.8, 4) is 5.69 Å². The van der Waals surface area contributed by atoms with Gasteiger partial charge in [0.05, 0.1) is 17.6 Å². The summed E-state index contributed by atoms with van der Waals surface area (Å²) in [4.78, 5) is 0. The van der Waals surface area contributed by atoms with Gasteiger partial charge in [0, 0.05) is 0 Å². The molecule has 1 heterocycles. The van der Waals surface area contributed by atoms with Crippen LogP contribution in [0.2, 0.25) is 0 Å². The van der Waals surface area contributed by atoms with Crippen LogP contribution in [0, 0.1) is 9.52 Å². The second-order valence-electron chi connectivity index (χ2n) is 2.78. The van der Waals surface area contributed by atoms with Crippen molar-refractivity contribution in [1.82, 2.24) is 9.78 Å². The van der Waals surface area contributed by atoms with Crippen LogP contribution in [-0.2, 0) is 0 Å². The molecular formula is C9H7FIN3. The first-order valence-electron chi connectivity index (χ1n) is 3.93. The lowest BCUT2D eigenvalue weighted by Gasteiger charge is -2.02. The Kier molecular flexibility index (Phi) is 2.40. The molecule has 2 aromatic rings. The number of anilines is 1. The molecule has 0 fully saturated rings. The van der Waals surface area contributed by atoms with E-state index in [1.807, 2.05) is 0 Å². The largest absolute Gasteiger partial charge is 0.395 e. The van der Waals surface area contributed by atoms with E-state index in [0.29, 0.717) is 11.4 Å². The third-order valence-electron chi connectivity index (χ3n) is 1.79. The summed E-state index contributed by atoms with van der Waals surface area (Å²) in [5, 5.41) is 4.04. The molecule has 72 valence electrons. The minimum absolute atomic E-state index is 0.285. The number of hydrogen-bond acceptors (Lipinski definition) is 2. The molecule has 0 radical (unpaired) electrons. The van der Waals surface area contributed by atoms with E-state index in [1.165, 1.54) is 12.1 Å². The number of nitrogen functional groups attached to an aromatic ring is 1. The fourth-order valence-corrected chi connectivity index (χ4v) is 1.68. The van der Waals surface area contributed by atoms with Gasteiger partial charge in [-0.3, -0.25) is 0 Å². The van der Waals surface area contributed by atoms with Crippen LogP contribution in [-0.4, -0.2) is 9.78 Å². The molecule has 1 aromatic heterocycles. The van der Waals surface area contributed by atoms with Gasteiger partial charge in [0.25, 0.3) is 0 Å². The molecule has 0 aliphatic carbocycles. The van der Waals surface area contributed by atoms with Gasteiger partial charge in [-0.2, -0.15) is 5.10 Å². The molecule has 0 aliphatic rings. The number of benzene rings is 1. The van der Waals surface area contributed by atoms with Crippen molar-refractivity contribution in [2.24, 2.45) is 0 Å². The highest BCUT2D eigenvalue weighted by Crippen LogP contribution is 2.18. The fourth-order valence-electron chi connectivity index (χ4n) is 1.13. The van der Waals surface area contributed by atoms with Gasteiger partial charge in [0.2, 0.25) is 0 Å². The van der Waals surface area contributed by atoms with E-state index < -0.39 is 0 Å². The minimum Gasteiger partial charge on any atom is -0.395 e. The molecule has 0 atom stereocenters. The number of aromatic nitrogens is 2. The first-order valence-corrected chi connectivity index (χ1v) is 5.01. The van der Waals surface area contributed by atoms with Gasteiger partial charge in [-0.1, -0.05) is 6.07 Å². The quantitative estimate of drug-likeness (QED) is 0.821. The van der Waals surface area contributed by atoms with Crippen LogP contribution >= 0.6 is 22.6 Å². The first kappa shape index (κ1) is 9.45. The first-order chi connectivity index (χ1) is 6.68. The highest BCUT2D eigenvalue weighted by Gasteiger charge is 2.06. The molecule has 0 saturated heterocycles. The predicted molar refractivity (Wildman–Crippen MR) is 60.7 cm³/mol. The Morgan fingerprint density at radius 2 is 2.21 bits per heavy atom. The highest BCUT2D eigenvalue weighted by atomic mass is 127. The maximum Gasteiger partial charge on any atom is 0.128 e. The molecule has 14 heavy (non-hydrogen) atoms. The lowest BCUT2D eigenvalue weighted by Crippen LogP contribution is -1.99. The lowest BCUT2D eigenvalue weighted by molar-refractivity contribution is 0.625. The maximum absolute atomic E-state index is 12.9. The Morgan fingerprint density at radius 1 is 1.43 bits per heavy atom. The fraction of sp³-hybridized carbons (Fsp3) is 0. The van der Waals surface area contributed by atoms with Crippen molar-refractivity contribution in [2.45, 2.75) is 0 Å². The van der Waals surface area contributed by atoms with Crippen LogP contribution in [0.25, 0.3) is 5.69 Å². The van der Waals surface area contributed by atoms with Gasteiger partial charge in [0.15, 0.2) is 0 Å². The molecule has 0 bridgehead atoms. The topological polar surface area (TPSA) is 43.8 Å². The van der Waals surface area contributed by atoms with Crippen molar-refractivity contribution in [1.29, 1.82) is 0 Å². The average molecular weight is 303 g/mol. The molecule has 2 rings (SSSR count). The second-order valence-corrected chi connectivity index (χ2v) is 3.80. The molecule has 2 N–H and O–H groups in total. The lowest BCUT2D eigenvalue weighted by atomic mass is 10.3. The number of hydrogen-bond donors (Lipinski definition) is 1.